The standard InChI is InChI=1S/C21H25N3O3/c1-13(5-6-14-7-9-15(25)10-8-14)22-18-11-12-24-19-16(20(18)26)3-2-4-17(19)23-21(24)27/h2-4,7-10,13,18,20,22,25-26H,5-6,11-12H2,1H3,(H,23,27)/t13?,18-,20?/m1/s1. The highest BCUT2D eigenvalue weighted by Crippen LogP contribution is 2.30. The number of aromatic nitrogens is 2. The lowest BCUT2D eigenvalue weighted by atomic mass is 9.98. The molecule has 0 saturated carbocycles. The molecule has 2 unspecified atom stereocenters. The van der Waals surface area contributed by atoms with Crippen molar-refractivity contribution in [1.29, 1.82) is 0 Å². The van der Waals surface area contributed by atoms with Crippen LogP contribution >= 0.6 is 0 Å². The molecule has 4 rings (SSSR count). The first-order chi connectivity index (χ1) is 13.0. The van der Waals surface area contributed by atoms with Gasteiger partial charge in [-0.3, -0.25) is 4.57 Å². The summed E-state index contributed by atoms with van der Waals surface area (Å²) in [7, 11) is 0. The molecule has 0 aliphatic carbocycles. The summed E-state index contributed by atoms with van der Waals surface area (Å²) in [5.41, 5.74) is 3.45. The molecular formula is C21H25N3O3. The predicted octanol–water partition coefficient (Wildman–Crippen LogP) is 2.45. The second-order valence-electron chi connectivity index (χ2n) is 7.44. The van der Waals surface area contributed by atoms with Gasteiger partial charge in [0.1, 0.15) is 5.75 Å². The SMILES string of the molecule is CC(CCc1ccc(O)cc1)N[C@@H]1CCn2c(=O)[nH]c3cccc(c32)C1O. The minimum absolute atomic E-state index is 0.107. The second kappa shape index (κ2) is 7.21. The quantitative estimate of drug-likeness (QED) is 0.558. The van der Waals surface area contributed by atoms with Gasteiger partial charge in [0.25, 0.3) is 0 Å². The van der Waals surface area contributed by atoms with Crippen LogP contribution < -0.4 is 11.0 Å². The smallest absolute Gasteiger partial charge is 0.326 e. The zero-order valence-corrected chi connectivity index (χ0v) is 15.4. The van der Waals surface area contributed by atoms with E-state index in [0.717, 1.165) is 29.4 Å². The number of rotatable bonds is 5. The first kappa shape index (κ1) is 17.8. The summed E-state index contributed by atoms with van der Waals surface area (Å²) in [6, 6.07) is 13.0. The van der Waals surface area contributed by atoms with Gasteiger partial charge in [-0.05, 0) is 49.9 Å². The van der Waals surface area contributed by atoms with Crippen molar-refractivity contribution in [3.8, 4) is 5.75 Å². The average Bonchev–Trinajstić information content (AvgIpc) is 2.91. The fraction of sp³-hybridized carbons (Fsp3) is 0.381. The number of aliphatic hydroxyl groups excluding tert-OH is 1. The Labute approximate surface area is 157 Å². The Hall–Kier alpha value is -2.57. The second-order valence-corrected chi connectivity index (χ2v) is 7.44. The molecule has 0 spiro atoms. The van der Waals surface area contributed by atoms with Gasteiger partial charge in [-0.1, -0.05) is 24.3 Å². The van der Waals surface area contributed by atoms with Crippen molar-refractivity contribution in [2.24, 2.45) is 0 Å². The van der Waals surface area contributed by atoms with Crippen molar-refractivity contribution in [3.63, 3.8) is 0 Å². The predicted molar refractivity (Wildman–Crippen MR) is 105 cm³/mol. The minimum Gasteiger partial charge on any atom is -0.508 e. The minimum atomic E-state index is -0.659. The molecule has 27 heavy (non-hydrogen) atoms. The fourth-order valence-corrected chi connectivity index (χ4v) is 4.01. The van der Waals surface area contributed by atoms with Crippen LogP contribution in [0.1, 0.15) is 37.0 Å². The number of hydrogen-bond acceptors (Lipinski definition) is 4. The molecule has 1 aliphatic heterocycles. The van der Waals surface area contributed by atoms with Gasteiger partial charge in [0.15, 0.2) is 0 Å². The Morgan fingerprint density at radius 1 is 1.26 bits per heavy atom. The topological polar surface area (TPSA) is 90.3 Å². The number of nitrogens with one attached hydrogen (secondary N) is 2. The third-order valence-corrected chi connectivity index (χ3v) is 5.49. The number of para-hydroxylation sites is 1. The van der Waals surface area contributed by atoms with Crippen molar-refractivity contribution in [2.75, 3.05) is 0 Å². The molecule has 0 bridgehead atoms. The van der Waals surface area contributed by atoms with E-state index in [4.69, 9.17) is 0 Å². The lowest BCUT2D eigenvalue weighted by Gasteiger charge is -2.26. The Bertz CT molecular complexity index is 990. The molecule has 0 radical (unpaired) electrons. The maximum atomic E-state index is 12.2. The summed E-state index contributed by atoms with van der Waals surface area (Å²) in [6.45, 7) is 2.70. The number of phenols is 1. The number of benzene rings is 2. The van der Waals surface area contributed by atoms with E-state index in [0.29, 0.717) is 13.0 Å². The molecule has 1 aliphatic rings. The van der Waals surface area contributed by atoms with E-state index >= 15 is 0 Å². The lowest BCUT2D eigenvalue weighted by Crippen LogP contribution is -2.41. The van der Waals surface area contributed by atoms with Crippen LogP contribution in [0, 0.1) is 0 Å². The summed E-state index contributed by atoms with van der Waals surface area (Å²) in [5.74, 6) is 0.277. The number of aromatic amines is 1. The molecule has 0 saturated heterocycles. The summed E-state index contributed by atoms with van der Waals surface area (Å²) >= 11 is 0. The third-order valence-electron chi connectivity index (χ3n) is 5.49. The molecule has 1 aromatic heterocycles. The highest BCUT2D eigenvalue weighted by molar-refractivity contribution is 5.79. The summed E-state index contributed by atoms with van der Waals surface area (Å²) < 4.78 is 1.73. The van der Waals surface area contributed by atoms with E-state index in [-0.39, 0.29) is 23.5 Å². The molecule has 6 nitrogen and oxygen atoms in total. The Balaban J connectivity index is 1.46. The van der Waals surface area contributed by atoms with Crippen LogP contribution in [0.4, 0.5) is 0 Å². The molecule has 2 heterocycles. The first-order valence-corrected chi connectivity index (χ1v) is 9.46. The van der Waals surface area contributed by atoms with Crippen molar-refractivity contribution in [2.45, 2.75) is 50.9 Å². The number of phenolic OH excluding ortho intramolecular Hbond substituents is 1. The molecule has 0 fully saturated rings. The van der Waals surface area contributed by atoms with Crippen molar-refractivity contribution >= 4 is 11.0 Å². The van der Waals surface area contributed by atoms with Gasteiger partial charge in [0, 0.05) is 24.2 Å². The lowest BCUT2D eigenvalue weighted by molar-refractivity contribution is 0.119. The van der Waals surface area contributed by atoms with E-state index < -0.39 is 6.10 Å². The van der Waals surface area contributed by atoms with Crippen molar-refractivity contribution in [3.05, 3.63) is 64.1 Å². The van der Waals surface area contributed by atoms with Gasteiger partial charge >= 0.3 is 5.69 Å². The van der Waals surface area contributed by atoms with E-state index in [1.165, 1.54) is 5.56 Å². The number of H-pyrrole nitrogens is 1. The van der Waals surface area contributed by atoms with Gasteiger partial charge < -0.3 is 20.5 Å². The van der Waals surface area contributed by atoms with Crippen LogP contribution in [-0.2, 0) is 13.0 Å². The van der Waals surface area contributed by atoms with Crippen molar-refractivity contribution < 1.29 is 10.2 Å². The van der Waals surface area contributed by atoms with Crippen LogP contribution in [0.25, 0.3) is 11.0 Å². The van der Waals surface area contributed by atoms with E-state index in [1.54, 1.807) is 16.7 Å². The highest BCUT2D eigenvalue weighted by Gasteiger charge is 2.29. The highest BCUT2D eigenvalue weighted by atomic mass is 16.3. The van der Waals surface area contributed by atoms with Gasteiger partial charge in [0.05, 0.1) is 17.1 Å². The molecule has 3 aromatic rings. The molecular weight excluding hydrogens is 342 g/mol. The molecule has 0 amide bonds. The Morgan fingerprint density at radius 2 is 2.04 bits per heavy atom. The number of aliphatic hydroxyl groups is 1. The van der Waals surface area contributed by atoms with E-state index in [1.807, 2.05) is 30.3 Å². The number of hydrogen-bond donors (Lipinski definition) is 4. The molecule has 4 N–H and O–H groups in total. The van der Waals surface area contributed by atoms with Gasteiger partial charge in [-0.15, -0.1) is 0 Å². The van der Waals surface area contributed by atoms with Crippen LogP contribution in [0.2, 0.25) is 0 Å². The fourth-order valence-electron chi connectivity index (χ4n) is 4.01. The summed E-state index contributed by atoms with van der Waals surface area (Å²) in [4.78, 5) is 15.1. The van der Waals surface area contributed by atoms with Gasteiger partial charge in [0.2, 0.25) is 0 Å². The number of imidazole rings is 1. The van der Waals surface area contributed by atoms with Crippen LogP contribution in [-0.4, -0.2) is 31.8 Å². The average molecular weight is 367 g/mol. The Kier molecular flexibility index (Phi) is 4.76. The number of aryl methyl sites for hydroxylation is 2. The third kappa shape index (κ3) is 3.50. The number of nitrogens with zero attached hydrogens (tertiary/aromatic N) is 1. The largest absolute Gasteiger partial charge is 0.508 e. The zero-order valence-electron chi connectivity index (χ0n) is 15.4. The first-order valence-electron chi connectivity index (χ1n) is 9.46. The van der Waals surface area contributed by atoms with Crippen LogP contribution in [0.3, 0.4) is 0 Å². The maximum absolute atomic E-state index is 12.2. The molecule has 6 heteroatoms. The summed E-state index contributed by atoms with van der Waals surface area (Å²) in [5, 5.41) is 23.9. The van der Waals surface area contributed by atoms with E-state index in [9.17, 15) is 15.0 Å². The molecule has 142 valence electrons. The van der Waals surface area contributed by atoms with Crippen molar-refractivity contribution in [1.82, 2.24) is 14.9 Å². The normalized spacial score (nSPS) is 20.5. The maximum Gasteiger partial charge on any atom is 0.326 e. The van der Waals surface area contributed by atoms with Gasteiger partial charge in [-0.25, -0.2) is 4.79 Å². The monoisotopic (exact) mass is 367 g/mol. The van der Waals surface area contributed by atoms with Gasteiger partial charge in [-0.2, -0.15) is 0 Å². The van der Waals surface area contributed by atoms with E-state index in [2.05, 4.69) is 17.2 Å². The summed E-state index contributed by atoms with van der Waals surface area (Å²) in [6.07, 6.45) is 1.85. The zero-order chi connectivity index (χ0) is 19.0. The van der Waals surface area contributed by atoms with Crippen LogP contribution in [0.15, 0.2) is 47.3 Å². The molecule has 2 aromatic carbocycles. The Morgan fingerprint density at radius 3 is 2.81 bits per heavy atom. The van der Waals surface area contributed by atoms with Crippen LogP contribution in [0.5, 0.6) is 5.75 Å². The molecule has 3 atom stereocenters. The number of aromatic hydroxyl groups is 1.